The summed E-state index contributed by atoms with van der Waals surface area (Å²) in [6.45, 7) is 2.36. The van der Waals surface area contributed by atoms with Gasteiger partial charge in [0.05, 0.1) is 6.54 Å². The van der Waals surface area contributed by atoms with Gasteiger partial charge in [-0.3, -0.25) is 4.79 Å². The number of carbonyl (C=O) groups is 1. The van der Waals surface area contributed by atoms with Gasteiger partial charge in [0.15, 0.2) is 0 Å². The number of hydrogen-bond donors (Lipinski definition) is 0. The van der Waals surface area contributed by atoms with Crippen LogP contribution in [-0.4, -0.2) is 35.6 Å². The van der Waals surface area contributed by atoms with Gasteiger partial charge in [0.25, 0.3) is 5.91 Å². The highest BCUT2D eigenvalue weighted by Gasteiger charge is 2.17. The zero-order valence-electron chi connectivity index (χ0n) is 16.1. The van der Waals surface area contributed by atoms with Crippen LogP contribution in [0.4, 0.5) is 4.39 Å². The van der Waals surface area contributed by atoms with Crippen LogP contribution in [0.1, 0.15) is 28.0 Å². The molecule has 2 aromatic carbocycles. The third-order valence-electron chi connectivity index (χ3n) is 4.63. The molecule has 146 valence electrons. The van der Waals surface area contributed by atoms with Gasteiger partial charge in [-0.05, 0) is 48.4 Å². The second-order valence-electron chi connectivity index (χ2n) is 6.69. The average Bonchev–Trinajstić information content (AvgIpc) is 3.16. The quantitative estimate of drug-likeness (QED) is 0.517. The molecule has 0 aliphatic carbocycles. The van der Waals surface area contributed by atoms with E-state index in [1.807, 2.05) is 53.6 Å². The van der Waals surface area contributed by atoms with E-state index in [-0.39, 0.29) is 11.7 Å². The first-order valence-electron chi connectivity index (χ1n) is 9.39. The maximum absolute atomic E-state index is 13.2. The third kappa shape index (κ3) is 5.30. The minimum atomic E-state index is -0.241. The van der Waals surface area contributed by atoms with Crippen LogP contribution < -0.4 is 0 Å². The van der Waals surface area contributed by atoms with Crippen molar-refractivity contribution in [3.05, 3.63) is 95.6 Å². The Morgan fingerprint density at radius 3 is 2.50 bits per heavy atom. The summed E-state index contributed by atoms with van der Waals surface area (Å²) in [7, 11) is 1.66. The van der Waals surface area contributed by atoms with E-state index in [9.17, 15) is 9.18 Å². The van der Waals surface area contributed by atoms with Gasteiger partial charge >= 0.3 is 0 Å². The fourth-order valence-electron chi connectivity index (χ4n) is 3.14. The number of methoxy groups -OCH3 is 1. The average molecular weight is 380 g/mol. The molecular weight excluding hydrogens is 355 g/mol. The lowest BCUT2D eigenvalue weighted by molar-refractivity contribution is 0.0720. The van der Waals surface area contributed by atoms with E-state index in [0.29, 0.717) is 31.8 Å². The number of aromatic nitrogens is 1. The molecule has 28 heavy (non-hydrogen) atoms. The van der Waals surface area contributed by atoms with Gasteiger partial charge in [0, 0.05) is 44.3 Å². The van der Waals surface area contributed by atoms with Gasteiger partial charge in [0.2, 0.25) is 0 Å². The number of rotatable bonds is 9. The number of nitrogens with zero attached hydrogens (tertiary/aromatic N) is 2. The lowest BCUT2D eigenvalue weighted by Gasteiger charge is -2.24. The van der Waals surface area contributed by atoms with E-state index in [0.717, 1.165) is 17.7 Å². The second-order valence-corrected chi connectivity index (χ2v) is 6.69. The van der Waals surface area contributed by atoms with Crippen LogP contribution in [-0.2, 0) is 17.8 Å². The topological polar surface area (TPSA) is 34.5 Å². The number of hydrogen-bond acceptors (Lipinski definition) is 2. The number of carbonyl (C=O) groups excluding carboxylic acids is 1. The molecule has 0 spiro atoms. The van der Waals surface area contributed by atoms with Crippen LogP contribution in [0.3, 0.4) is 0 Å². The zero-order chi connectivity index (χ0) is 19.8. The number of halogens is 1. The number of amides is 1. The minimum Gasteiger partial charge on any atom is -0.385 e. The summed E-state index contributed by atoms with van der Waals surface area (Å²) in [5.41, 5.74) is 2.72. The highest BCUT2D eigenvalue weighted by atomic mass is 19.1. The Labute approximate surface area is 165 Å². The Bertz CT molecular complexity index is 875. The molecule has 0 aliphatic rings. The van der Waals surface area contributed by atoms with Gasteiger partial charge < -0.3 is 14.2 Å². The largest absolute Gasteiger partial charge is 0.385 e. The van der Waals surface area contributed by atoms with Crippen LogP contribution in [0.5, 0.6) is 0 Å². The van der Waals surface area contributed by atoms with Crippen molar-refractivity contribution in [3.8, 4) is 0 Å². The van der Waals surface area contributed by atoms with E-state index in [1.165, 1.54) is 12.1 Å². The Morgan fingerprint density at radius 2 is 1.79 bits per heavy atom. The van der Waals surface area contributed by atoms with E-state index in [2.05, 4.69) is 4.57 Å². The van der Waals surface area contributed by atoms with Crippen molar-refractivity contribution >= 4 is 5.91 Å². The summed E-state index contributed by atoms with van der Waals surface area (Å²) in [6.07, 6.45) is 2.76. The lowest BCUT2D eigenvalue weighted by Crippen LogP contribution is -2.33. The van der Waals surface area contributed by atoms with Crippen molar-refractivity contribution in [1.29, 1.82) is 0 Å². The van der Waals surface area contributed by atoms with Crippen molar-refractivity contribution in [3.63, 3.8) is 0 Å². The molecule has 0 N–H and O–H groups in total. The van der Waals surface area contributed by atoms with Crippen molar-refractivity contribution in [2.75, 3.05) is 20.3 Å². The second kappa shape index (κ2) is 9.85. The first kappa shape index (κ1) is 19.8. The molecule has 3 rings (SSSR count). The molecule has 0 atom stereocenters. The molecule has 1 heterocycles. The van der Waals surface area contributed by atoms with E-state index < -0.39 is 0 Å². The van der Waals surface area contributed by atoms with E-state index in [4.69, 9.17) is 4.74 Å². The predicted octanol–water partition coefficient (Wildman–Crippen LogP) is 4.35. The molecule has 0 fully saturated rings. The van der Waals surface area contributed by atoms with E-state index in [1.54, 1.807) is 19.2 Å². The van der Waals surface area contributed by atoms with Crippen LogP contribution >= 0.6 is 0 Å². The standard InChI is InChI=1S/C23H25FN2O2/c1-28-16-6-15-26(23(27)20-7-3-2-4-8-20)18-22-9-5-14-25(22)17-19-10-12-21(24)13-11-19/h2-5,7-14H,6,15-18H2,1H3. The molecule has 3 aromatic rings. The SMILES string of the molecule is COCCCN(Cc1cccn1Cc1ccc(F)cc1)C(=O)c1ccccc1. The molecule has 0 bridgehead atoms. The Morgan fingerprint density at radius 1 is 1.04 bits per heavy atom. The first-order chi connectivity index (χ1) is 13.7. The summed E-state index contributed by atoms with van der Waals surface area (Å²) in [5.74, 6) is -0.236. The molecule has 0 unspecified atom stereocenters. The van der Waals surface area contributed by atoms with Gasteiger partial charge in [-0.15, -0.1) is 0 Å². The molecule has 0 radical (unpaired) electrons. The Balaban J connectivity index is 1.76. The molecule has 0 saturated carbocycles. The molecule has 0 saturated heterocycles. The fourth-order valence-corrected chi connectivity index (χ4v) is 3.14. The van der Waals surface area contributed by atoms with Crippen LogP contribution in [0.2, 0.25) is 0 Å². The monoisotopic (exact) mass is 380 g/mol. The molecule has 1 amide bonds. The van der Waals surface area contributed by atoms with Crippen LogP contribution in [0.15, 0.2) is 72.9 Å². The summed E-state index contributed by atoms with van der Waals surface area (Å²) in [4.78, 5) is 14.9. The van der Waals surface area contributed by atoms with Crippen molar-refractivity contribution in [2.24, 2.45) is 0 Å². The van der Waals surface area contributed by atoms with Crippen molar-refractivity contribution in [1.82, 2.24) is 9.47 Å². The maximum atomic E-state index is 13.2. The van der Waals surface area contributed by atoms with Crippen LogP contribution in [0.25, 0.3) is 0 Å². The highest BCUT2D eigenvalue weighted by Crippen LogP contribution is 2.14. The number of benzene rings is 2. The van der Waals surface area contributed by atoms with Gasteiger partial charge in [-0.1, -0.05) is 30.3 Å². The molecule has 0 aliphatic heterocycles. The smallest absolute Gasteiger partial charge is 0.254 e. The van der Waals surface area contributed by atoms with Crippen LogP contribution in [0, 0.1) is 5.82 Å². The highest BCUT2D eigenvalue weighted by molar-refractivity contribution is 5.94. The third-order valence-corrected chi connectivity index (χ3v) is 4.63. The molecular formula is C23H25FN2O2. The van der Waals surface area contributed by atoms with Crippen molar-refractivity contribution < 1.29 is 13.9 Å². The first-order valence-corrected chi connectivity index (χ1v) is 9.39. The summed E-state index contributed by atoms with van der Waals surface area (Å²) < 4.78 is 20.4. The minimum absolute atomic E-state index is 0.00577. The number of ether oxygens (including phenoxy) is 1. The Kier molecular flexibility index (Phi) is 6.98. The summed E-state index contributed by atoms with van der Waals surface area (Å²) >= 11 is 0. The Hall–Kier alpha value is -2.92. The van der Waals surface area contributed by atoms with Gasteiger partial charge in [0.1, 0.15) is 5.82 Å². The molecule has 1 aromatic heterocycles. The molecule has 5 heteroatoms. The van der Waals surface area contributed by atoms with Gasteiger partial charge in [-0.2, -0.15) is 0 Å². The van der Waals surface area contributed by atoms with Gasteiger partial charge in [-0.25, -0.2) is 4.39 Å². The normalized spacial score (nSPS) is 10.8. The lowest BCUT2D eigenvalue weighted by atomic mass is 10.2. The zero-order valence-corrected chi connectivity index (χ0v) is 16.1. The predicted molar refractivity (Wildman–Crippen MR) is 108 cm³/mol. The maximum Gasteiger partial charge on any atom is 0.254 e. The summed E-state index contributed by atoms with van der Waals surface area (Å²) in [5, 5.41) is 0. The molecule has 4 nitrogen and oxygen atoms in total. The van der Waals surface area contributed by atoms with E-state index >= 15 is 0 Å². The summed E-state index contributed by atoms with van der Waals surface area (Å²) in [6, 6.07) is 19.8. The van der Waals surface area contributed by atoms with Crippen molar-refractivity contribution in [2.45, 2.75) is 19.5 Å². The fraction of sp³-hybridized carbons (Fsp3) is 0.261.